The van der Waals surface area contributed by atoms with Crippen LogP contribution in [0.2, 0.25) is 0 Å². The monoisotopic (exact) mass is 336 g/mol. The minimum absolute atomic E-state index is 0.110. The molecule has 1 unspecified atom stereocenters. The van der Waals surface area contributed by atoms with Gasteiger partial charge in [0.05, 0.1) is 12.6 Å². The van der Waals surface area contributed by atoms with Crippen molar-refractivity contribution < 1.29 is 19.1 Å². The van der Waals surface area contributed by atoms with E-state index in [2.05, 4.69) is 4.90 Å². The second-order valence-electron chi connectivity index (χ2n) is 7.52. The molecule has 6 nitrogen and oxygen atoms in total. The van der Waals surface area contributed by atoms with Crippen molar-refractivity contribution in [2.24, 2.45) is 0 Å². The number of amides is 1. The number of rotatable bonds is 4. The van der Waals surface area contributed by atoms with Crippen LogP contribution in [0.4, 0.5) is 4.79 Å². The molecule has 6 heteroatoms. The van der Waals surface area contributed by atoms with E-state index < -0.39 is 5.60 Å². The van der Waals surface area contributed by atoms with Crippen molar-refractivity contribution in [3.8, 4) is 0 Å². The standard InChI is InChI=1S/C18H28N2O4/c1-17(2,3)24-16(22)20-11-6-8-18(20)9-12-19(14-18)10-5-7-15(13-21)23-4/h5,7H,6,8-12,14H2,1-4H3/b7-5+. The normalized spacial score (nSPS) is 24.6. The summed E-state index contributed by atoms with van der Waals surface area (Å²) in [5.74, 6) is 1.93. The van der Waals surface area contributed by atoms with Crippen molar-refractivity contribution in [1.82, 2.24) is 9.80 Å². The smallest absolute Gasteiger partial charge is 0.410 e. The zero-order valence-electron chi connectivity index (χ0n) is 15.1. The molecule has 0 aliphatic carbocycles. The molecule has 0 aromatic carbocycles. The topological polar surface area (TPSA) is 59.1 Å². The molecule has 0 aromatic heterocycles. The van der Waals surface area contributed by atoms with Crippen LogP contribution in [0, 0.1) is 0 Å². The lowest BCUT2D eigenvalue weighted by molar-refractivity contribution is 0.00941. The first-order chi connectivity index (χ1) is 11.3. The molecule has 2 rings (SSSR count). The fraction of sp³-hybridized carbons (Fsp3) is 0.722. The Bertz CT molecular complexity index is 546. The number of hydrogen-bond donors (Lipinski definition) is 0. The molecule has 2 heterocycles. The minimum Gasteiger partial charge on any atom is -0.487 e. The highest BCUT2D eigenvalue weighted by Gasteiger charge is 2.48. The van der Waals surface area contributed by atoms with Crippen LogP contribution < -0.4 is 0 Å². The van der Waals surface area contributed by atoms with Crippen molar-refractivity contribution in [3.05, 3.63) is 17.9 Å². The van der Waals surface area contributed by atoms with Gasteiger partial charge in [-0.05, 0) is 46.1 Å². The summed E-state index contributed by atoms with van der Waals surface area (Å²) in [5.41, 5.74) is -0.583. The van der Waals surface area contributed by atoms with Gasteiger partial charge in [0.15, 0.2) is 5.94 Å². The van der Waals surface area contributed by atoms with Gasteiger partial charge in [0.2, 0.25) is 5.76 Å². The Morgan fingerprint density at radius 3 is 2.67 bits per heavy atom. The van der Waals surface area contributed by atoms with Gasteiger partial charge in [-0.2, -0.15) is 0 Å². The Morgan fingerprint density at radius 1 is 1.29 bits per heavy atom. The zero-order valence-corrected chi connectivity index (χ0v) is 15.1. The molecule has 134 valence electrons. The molecule has 24 heavy (non-hydrogen) atoms. The summed E-state index contributed by atoms with van der Waals surface area (Å²) in [6.45, 7) is 8.94. The highest BCUT2D eigenvalue weighted by Crippen LogP contribution is 2.38. The Balaban J connectivity index is 1.96. The minimum atomic E-state index is -0.473. The van der Waals surface area contributed by atoms with Gasteiger partial charge < -0.3 is 14.4 Å². The second-order valence-corrected chi connectivity index (χ2v) is 7.52. The highest BCUT2D eigenvalue weighted by molar-refractivity contribution is 5.70. The molecule has 0 aromatic rings. The fourth-order valence-electron chi connectivity index (χ4n) is 3.51. The van der Waals surface area contributed by atoms with E-state index in [1.54, 1.807) is 12.0 Å². The summed E-state index contributed by atoms with van der Waals surface area (Å²) in [4.78, 5) is 27.3. The average molecular weight is 336 g/mol. The van der Waals surface area contributed by atoms with Crippen LogP contribution in [0.5, 0.6) is 0 Å². The molecule has 2 fully saturated rings. The van der Waals surface area contributed by atoms with E-state index in [1.165, 1.54) is 7.11 Å². The lowest BCUT2D eigenvalue weighted by Crippen LogP contribution is -2.50. The molecular formula is C18H28N2O4. The van der Waals surface area contributed by atoms with Gasteiger partial charge in [-0.3, -0.25) is 4.90 Å². The predicted octanol–water partition coefficient (Wildman–Crippen LogP) is 2.38. The Morgan fingerprint density at radius 2 is 2.04 bits per heavy atom. The molecule has 0 saturated carbocycles. The summed E-state index contributed by atoms with van der Waals surface area (Å²) in [7, 11) is 1.45. The average Bonchev–Trinajstić information content (AvgIpc) is 3.10. The highest BCUT2D eigenvalue weighted by atomic mass is 16.6. The van der Waals surface area contributed by atoms with Crippen LogP contribution in [0.1, 0.15) is 40.0 Å². The summed E-state index contributed by atoms with van der Waals surface area (Å²) < 4.78 is 10.4. The molecule has 2 aliphatic rings. The molecule has 0 N–H and O–H groups in total. The van der Waals surface area contributed by atoms with Crippen molar-refractivity contribution in [2.45, 2.75) is 51.2 Å². The summed E-state index contributed by atoms with van der Waals surface area (Å²) in [6.07, 6.45) is 6.33. The van der Waals surface area contributed by atoms with Crippen molar-refractivity contribution in [3.63, 3.8) is 0 Å². The van der Waals surface area contributed by atoms with E-state index in [-0.39, 0.29) is 17.4 Å². The molecule has 0 radical (unpaired) electrons. The van der Waals surface area contributed by atoms with Crippen LogP contribution in [0.25, 0.3) is 0 Å². The van der Waals surface area contributed by atoms with Crippen molar-refractivity contribution >= 4 is 12.0 Å². The van der Waals surface area contributed by atoms with E-state index in [4.69, 9.17) is 9.47 Å². The summed E-state index contributed by atoms with van der Waals surface area (Å²) >= 11 is 0. The number of nitrogens with zero attached hydrogens (tertiary/aromatic N) is 2. The second kappa shape index (κ2) is 7.41. The molecular weight excluding hydrogens is 308 g/mol. The lowest BCUT2D eigenvalue weighted by Gasteiger charge is -2.36. The quantitative estimate of drug-likeness (QED) is 0.448. The molecule has 1 spiro atoms. The molecule has 1 amide bonds. The first-order valence-corrected chi connectivity index (χ1v) is 8.48. The lowest BCUT2D eigenvalue weighted by atomic mass is 9.95. The van der Waals surface area contributed by atoms with Crippen molar-refractivity contribution in [2.75, 3.05) is 33.3 Å². The third-order valence-electron chi connectivity index (χ3n) is 4.57. The maximum Gasteiger partial charge on any atom is 0.410 e. The predicted molar refractivity (Wildman–Crippen MR) is 91.3 cm³/mol. The maximum absolute atomic E-state index is 12.5. The zero-order chi connectivity index (χ0) is 17.8. The Kier molecular flexibility index (Phi) is 5.73. The number of likely N-dealkylation sites (tertiary alicyclic amines) is 2. The molecule has 2 saturated heterocycles. The number of hydrogen-bond acceptors (Lipinski definition) is 5. The van der Waals surface area contributed by atoms with Gasteiger partial charge >= 0.3 is 6.09 Å². The molecule has 2 aliphatic heterocycles. The number of carbonyl (C=O) groups is 1. The van der Waals surface area contributed by atoms with Crippen LogP contribution in [0.15, 0.2) is 17.9 Å². The Labute approximate surface area is 144 Å². The Hall–Kier alpha value is -1.78. The number of ether oxygens (including phenoxy) is 2. The SMILES string of the molecule is COC(=C=O)/C=C/CN1CCC2(CCCN2C(=O)OC(C)(C)C)C1. The number of carbonyl (C=O) groups excluding carboxylic acids is 2. The molecule has 1 atom stereocenters. The van der Waals surface area contributed by atoms with Gasteiger partial charge in [-0.15, -0.1) is 0 Å². The van der Waals surface area contributed by atoms with E-state index in [9.17, 15) is 9.59 Å². The van der Waals surface area contributed by atoms with Crippen LogP contribution >= 0.6 is 0 Å². The van der Waals surface area contributed by atoms with Gasteiger partial charge in [-0.1, -0.05) is 6.08 Å². The third kappa shape index (κ3) is 4.40. The maximum atomic E-state index is 12.5. The fourth-order valence-corrected chi connectivity index (χ4v) is 3.51. The van der Waals surface area contributed by atoms with Crippen molar-refractivity contribution in [1.29, 1.82) is 0 Å². The summed E-state index contributed by atoms with van der Waals surface area (Å²) in [5, 5.41) is 0. The van der Waals surface area contributed by atoms with E-state index in [0.717, 1.165) is 45.4 Å². The van der Waals surface area contributed by atoms with Gasteiger partial charge in [0.25, 0.3) is 0 Å². The third-order valence-corrected chi connectivity index (χ3v) is 4.57. The largest absolute Gasteiger partial charge is 0.487 e. The molecule has 0 bridgehead atoms. The first-order valence-electron chi connectivity index (χ1n) is 8.48. The first kappa shape index (κ1) is 18.6. The number of allylic oxidation sites excluding steroid dienone is 1. The van der Waals surface area contributed by atoms with Crippen LogP contribution in [0.3, 0.4) is 0 Å². The summed E-state index contributed by atoms with van der Waals surface area (Å²) in [6, 6.07) is 0. The van der Waals surface area contributed by atoms with E-state index in [0.29, 0.717) is 0 Å². The number of methoxy groups -OCH3 is 1. The van der Waals surface area contributed by atoms with Gasteiger partial charge in [0, 0.05) is 26.2 Å². The van der Waals surface area contributed by atoms with Gasteiger partial charge in [-0.25, -0.2) is 9.59 Å². The van der Waals surface area contributed by atoms with E-state index in [1.807, 2.05) is 31.7 Å². The van der Waals surface area contributed by atoms with E-state index >= 15 is 0 Å². The van der Waals surface area contributed by atoms with Crippen LogP contribution in [-0.4, -0.2) is 66.3 Å². The van der Waals surface area contributed by atoms with Gasteiger partial charge in [0.1, 0.15) is 5.60 Å². The van der Waals surface area contributed by atoms with Crippen LogP contribution in [-0.2, 0) is 14.3 Å².